The lowest BCUT2D eigenvalue weighted by Crippen LogP contribution is -2.46. The van der Waals surface area contributed by atoms with Crippen molar-refractivity contribution in [2.45, 2.75) is 32.6 Å². The minimum Gasteiger partial charge on any atom is -0.372 e. The fourth-order valence-electron chi connectivity index (χ4n) is 4.05. The van der Waals surface area contributed by atoms with Crippen LogP contribution in [0.5, 0.6) is 0 Å². The predicted octanol–water partition coefficient (Wildman–Crippen LogP) is 4.64. The summed E-state index contributed by atoms with van der Waals surface area (Å²) in [4.78, 5) is 15.6. The van der Waals surface area contributed by atoms with Gasteiger partial charge in [-0.1, -0.05) is 6.07 Å². The molecule has 1 aliphatic heterocycles. The van der Waals surface area contributed by atoms with Crippen LogP contribution in [-0.2, 0) is 4.74 Å². The number of anilines is 3. The van der Waals surface area contributed by atoms with E-state index in [4.69, 9.17) is 4.74 Å². The molecule has 0 bridgehead atoms. The van der Waals surface area contributed by atoms with Gasteiger partial charge in [-0.15, -0.1) is 0 Å². The quantitative estimate of drug-likeness (QED) is 0.473. The van der Waals surface area contributed by atoms with Gasteiger partial charge in [-0.25, -0.2) is 14.6 Å². The van der Waals surface area contributed by atoms with E-state index < -0.39 is 6.55 Å². The molecule has 0 unspecified atom stereocenters. The van der Waals surface area contributed by atoms with Crippen molar-refractivity contribution in [2.24, 2.45) is 0 Å². The van der Waals surface area contributed by atoms with Crippen LogP contribution in [0.3, 0.4) is 0 Å². The van der Waals surface area contributed by atoms with E-state index in [1.165, 1.54) is 6.20 Å². The smallest absolute Gasteiger partial charge is 0.333 e. The number of ether oxygens (including phenoxy) is 1. The number of morpholine rings is 1. The number of hydrogen-bond acceptors (Lipinski definition) is 7. The van der Waals surface area contributed by atoms with Gasteiger partial charge < -0.3 is 15.0 Å². The maximum atomic E-state index is 12.9. The maximum Gasteiger partial charge on any atom is 0.333 e. The van der Waals surface area contributed by atoms with Gasteiger partial charge in [0.25, 0.3) is 0 Å². The first-order valence-corrected chi connectivity index (χ1v) is 10.7. The molecule has 4 heterocycles. The second kappa shape index (κ2) is 8.70. The van der Waals surface area contributed by atoms with Gasteiger partial charge in [-0.2, -0.15) is 18.9 Å². The Labute approximate surface area is 189 Å². The van der Waals surface area contributed by atoms with E-state index in [-0.39, 0.29) is 12.2 Å². The van der Waals surface area contributed by atoms with Crippen LogP contribution >= 0.6 is 0 Å². The normalized spacial score (nSPS) is 18.8. The Bertz CT molecular complexity index is 1270. The van der Waals surface area contributed by atoms with Crippen LogP contribution in [0, 0.1) is 0 Å². The van der Waals surface area contributed by atoms with Crippen molar-refractivity contribution in [3.05, 3.63) is 55.0 Å². The van der Waals surface area contributed by atoms with Gasteiger partial charge in [0, 0.05) is 37.1 Å². The van der Waals surface area contributed by atoms with Crippen LogP contribution < -0.4 is 10.2 Å². The fraction of sp³-hybridized carbons (Fsp3) is 0.304. The Morgan fingerprint density at radius 2 is 1.73 bits per heavy atom. The SMILES string of the molecule is C[C@@H]1CN(c2nccc(Nc3cc(-c4ccc5nn(C(F)F)cc5c4)ccn3)n2)C[C@H](C)O1. The van der Waals surface area contributed by atoms with Crippen molar-refractivity contribution in [3.8, 4) is 11.1 Å². The highest BCUT2D eigenvalue weighted by molar-refractivity contribution is 5.84. The zero-order valence-electron chi connectivity index (χ0n) is 18.2. The molecule has 1 fully saturated rings. The first kappa shape index (κ1) is 21.2. The second-order valence-corrected chi connectivity index (χ2v) is 8.12. The van der Waals surface area contributed by atoms with E-state index in [0.717, 1.165) is 24.2 Å². The number of nitrogens with zero attached hydrogens (tertiary/aromatic N) is 6. The maximum absolute atomic E-state index is 12.9. The number of pyridine rings is 1. The number of alkyl halides is 2. The summed E-state index contributed by atoms with van der Waals surface area (Å²) in [6.45, 7) is 2.86. The van der Waals surface area contributed by atoms with Crippen LogP contribution in [0.25, 0.3) is 22.0 Å². The molecule has 3 aromatic heterocycles. The van der Waals surface area contributed by atoms with E-state index in [1.54, 1.807) is 24.5 Å². The van der Waals surface area contributed by atoms with E-state index in [1.807, 2.05) is 38.1 Å². The number of aromatic nitrogens is 5. The minimum atomic E-state index is -2.67. The Morgan fingerprint density at radius 1 is 0.970 bits per heavy atom. The Balaban J connectivity index is 1.37. The summed E-state index contributed by atoms with van der Waals surface area (Å²) in [6.07, 6.45) is 4.97. The molecule has 1 N–H and O–H groups in total. The lowest BCUT2D eigenvalue weighted by molar-refractivity contribution is -0.00571. The number of halogens is 2. The summed E-state index contributed by atoms with van der Waals surface area (Å²) in [5, 5.41) is 7.78. The highest BCUT2D eigenvalue weighted by atomic mass is 19.3. The molecule has 0 radical (unpaired) electrons. The van der Waals surface area contributed by atoms with Crippen LogP contribution in [0.15, 0.2) is 55.0 Å². The summed E-state index contributed by atoms with van der Waals surface area (Å²) in [7, 11) is 0. The molecule has 0 amide bonds. The largest absolute Gasteiger partial charge is 0.372 e. The van der Waals surface area contributed by atoms with Gasteiger partial charge in [-0.05, 0) is 55.3 Å². The number of hydrogen-bond donors (Lipinski definition) is 1. The average Bonchev–Trinajstić information content (AvgIpc) is 3.23. The zero-order chi connectivity index (χ0) is 22.9. The van der Waals surface area contributed by atoms with E-state index >= 15 is 0 Å². The highest BCUT2D eigenvalue weighted by Gasteiger charge is 2.24. The van der Waals surface area contributed by atoms with Crippen molar-refractivity contribution in [1.82, 2.24) is 24.7 Å². The molecule has 1 aromatic carbocycles. The lowest BCUT2D eigenvalue weighted by atomic mass is 10.1. The monoisotopic (exact) mass is 451 g/mol. The second-order valence-electron chi connectivity index (χ2n) is 8.12. The molecular weight excluding hydrogens is 428 g/mol. The van der Waals surface area contributed by atoms with E-state index in [9.17, 15) is 8.78 Å². The number of rotatable bonds is 5. The van der Waals surface area contributed by atoms with Gasteiger partial charge in [0.15, 0.2) is 0 Å². The third-order valence-corrected chi connectivity index (χ3v) is 5.42. The molecule has 170 valence electrons. The highest BCUT2D eigenvalue weighted by Crippen LogP contribution is 2.27. The molecule has 0 aliphatic carbocycles. The Morgan fingerprint density at radius 3 is 2.52 bits per heavy atom. The lowest BCUT2D eigenvalue weighted by Gasteiger charge is -2.35. The minimum absolute atomic E-state index is 0.109. The predicted molar refractivity (Wildman–Crippen MR) is 122 cm³/mol. The van der Waals surface area contributed by atoms with Crippen molar-refractivity contribution in [3.63, 3.8) is 0 Å². The summed E-state index contributed by atoms with van der Waals surface area (Å²) in [5.74, 6) is 1.88. The summed E-state index contributed by atoms with van der Waals surface area (Å²) in [6, 6.07) is 11.0. The Kier molecular flexibility index (Phi) is 5.59. The van der Waals surface area contributed by atoms with Gasteiger partial charge in [0.1, 0.15) is 11.6 Å². The molecule has 10 heteroatoms. The standard InChI is InChI=1S/C23H23F2N7O/c1-14-11-31(12-15(2)33-14)23-27-8-6-20(29-23)28-21-10-17(5-7-26-21)16-3-4-19-18(9-16)13-32(30-19)22(24)25/h3-10,13-15,22H,11-12H2,1-2H3,(H,26,27,28,29)/t14-,15+. The molecule has 8 nitrogen and oxygen atoms in total. The summed E-state index contributed by atoms with van der Waals surface area (Å²) >= 11 is 0. The van der Waals surface area contributed by atoms with Gasteiger partial charge in [0.05, 0.1) is 17.7 Å². The average molecular weight is 451 g/mol. The molecule has 33 heavy (non-hydrogen) atoms. The van der Waals surface area contributed by atoms with E-state index in [0.29, 0.717) is 33.2 Å². The molecule has 4 aromatic rings. The first-order chi connectivity index (χ1) is 15.9. The molecule has 1 aliphatic rings. The fourth-order valence-corrected chi connectivity index (χ4v) is 4.05. The Hall–Kier alpha value is -3.66. The summed E-state index contributed by atoms with van der Waals surface area (Å²) < 4.78 is 32.3. The van der Waals surface area contributed by atoms with Crippen molar-refractivity contribution in [2.75, 3.05) is 23.3 Å². The summed E-state index contributed by atoms with van der Waals surface area (Å²) in [5.41, 5.74) is 2.29. The number of nitrogens with one attached hydrogen (secondary N) is 1. The van der Waals surface area contributed by atoms with Crippen LogP contribution in [-0.4, -0.2) is 50.0 Å². The molecule has 2 atom stereocenters. The van der Waals surface area contributed by atoms with Crippen LogP contribution in [0.1, 0.15) is 20.4 Å². The molecule has 1 saturated heterocycles. The van der Waals surface area contributed by atoms with Gasteiger partial charge >= 0.3 is 6.55 Å². The zero-order valence-corrected chi connectivity index (χ0v) is 18.2. The van der Waals surface area contributed by atoms with Gasteiger partial charge in [-0.3, -0.25) is 0 Å². The molecule has 0 spiro atoms. The molecule has 5 rings (SSSR count). The van der Waals surface area contributed by atoms with Gasteiger partial charge in [0.2, 0.25) is 5.95 Å². The van der Waals surface area contributed by atoms with Crippen molar-refractivity contribution >= 4 is 28.5 Å². The topological polar surface area (TPSA) is 81.0 Å². The van der Waals surface area contributed by atoms with Crippen molar-refractivity contribution < 1.29 is 13.5 Å². The van der Waals surface area contributed by atoms with Crippen LogP contribution in [0.2, 0.25) is 0 Å². The molecule has 0 saturated carbocycles. The van der Waals surface area contributed by atoms with Crippen molar-refractivity contribution in [1.29, 1.82) is 0 Å². The third-order valence-electron chi connectivity index (χ3n) is 5.42. The van der Waals surface area contributed by atoms with E-state index in [2.05, 4.69) is 30.3 Å². The molecular formula is C23H23F2N7O. The third kappa shape index (κ3) is 4.61. The number of benzene rings is 1. The number of fused-ring (bicyclic) bond motifs is 1. The first-order valence-electron chi connectivity index (χ1n) is 10.7. The van der Waals surface area contributed by atoms with Crippen LogP contribution in [0.4, 0.5) is 26.4 Å².